The van der Waals surface area contributed by atoms with Crippen LogP contribution in [0.25, 0.3) is 0 Å². The molecular weight excluding hydrogens is 434 g/mol. The molecule has 2 rings (SSSR count). The van der Waals surface area contributed by atoms with Gasteiger partial charge in [-0.25, -0.2) is 0 Å². The van der Waals surface area contributed by atoms with Crippen LogP contribution in [0.15, 0.2) is 54.6 Å². The lowest BCUT2D eigenvalue weighted by atomic mass is 10.0. The first-order valence-electron chi connectivity index (χ1n) is 11.4. The van der Waals surface area contributed by atoms with E-state index in [9.17, 15) is 19.5 Å². The van der Waals surface area contributed by atoms with Crippen molar-refractivity contribution in [3.05, 3.63) is 65.7 Å². The first-order valence-corrected chi connectivity index (χ1v) is 11.4. The van der Waals surface area contributed by atoms with E-state index in [0.717, 1.165) is 11.1 Å². The summed E-state index contributed by atoms with van der Waals surface area (Å²) < 4.78 is 5.80. The van der Waals surface area contributed by atoms with Gasteiger partial charge in [-0.3, -0.25) is 14.4 Å². The summed E-state index contributed by atoms with van der Waals surface area (Å²) >= 11 is 0. The topological polar surface area (TPSA) is 131 Å². The molecule has 0 heterocycles. The normalized spacial score (nSPS) is 12.9. The number of hydrogen-bond donors (Lipinski definition) is 4. The minimum Gasteiger partial charge on any atom is -0.489 e. The van der Waals surface area contributed by atoms with E-state index in [1.54, 1.807) is 20.8 Å². The zero-order chi connectivity index (χ0) is 25.1. The second-order valence-electron chi connectivity index (χ2n) is 9.12. The van der Waals surface area contributed by atoms with Crippen molar-refractivity contribution >= 4 is 17.7 Å². The van der Waals surface area contributed by atoms with Gasteiger partial charge in [-0.1, -0.05) is 49.4 Å². The van der Waals surface area contributed by atoms with Gasteiger partial charge in [-0.2, -0.15) is 0 Å². The highest BCUT2D eigenvalue weighted by Gasteiger charge is 2.27. The summed E-state index contributed by atoms with van der Waals surface area (Å²) in [5.41, 5.74) is 6.31. The number of amides is 3. The molecule has 0 radical (unpaired) electrons. The van der Waals surface area contributed by atoms with Crippen LogP contribution in [0.5, 0.6) is 5.75 Å². The highest BCUT2D eigenvalue weighted by Crippen LogP contribution is 2.16. The minimum atomic E-state index is -0.849. The van der Waals surface area contributed by atoms with E-state index in [2.05, 4.69) is 10.6 Å². The van der Waals surface area contributed by atoms with E-state index in [4.69, 9.17) is 10.5 Å². The van der Waals surface area contributed by atoms with Crippen molar-refractivity contribution in [1.29, 1.82) is 0 Å². The van der Waals surface area contributed by atoms with Gasteiger partial charge in [0.15, 0.2) is 0 Å². The zero-order valence-corrected chi connectivity index (χ0v) is 20.0. The number of hydrogen-bond acceptors (Lipinski definition) is 5. The average molecular weight is 470 g/mol. The number of ether oxygens (including phenoxy) is 1. The number of aliphatic hydroxyl groups excluding tert-OH is 1. The Balaban J connectivity index is 2.03. The number of benzene rings is 2. The number of carbonyl (C=O) groups excluding carboxylic acids is 3. The molecule has 0 fully saturated rings. The first-order chi connectivity index (χ1) is 16.1. The second-order valence-corrected chi connectivity index (χ2v) is 9.12. The summed E-state index contributed by atoms with van der Waals surface area (Å²) in [6.45, 7) is 5.24. The summed E-state index contributed by atoms with van der Waals surface area (Å²) in [4.78, 5) is 36.6. The van der Waals surface area contributed by atoms with Gasteiger partial charge in [0.05, 0.1) is 12.1 Å². The summed E-state index contributed by atoms with van der Waals surface area (Å²) in [5.74, 6) is -0.965. The molecule has 0 aliphatic carbocycles. The van der Waals surface area contributed by atoms with Crippen molar-refractivity contribution in [2.45, 2.75) is 58.2 Å². The Morgan fingerprint density at radius 1 is 1.03 bits per heavy atom. The third kappa shape index (κ3) is 9.23. The lowest BCUT2D eigenvalue weighted by Gasteiger charge is -2.27. The lowest BCUT2D eigenvalue weighted by molar-refractivity contribution is -0.130. The molecule has 2 atom stereocenters. The van der Waals surface area contributed by atoms with E-state index in [-0.39, 0.29) is 25.4 Å². The van der Waals surface area contributed by atoms with Gasteiger partial charge in [-0.15, -0.1) is 0 Å². The molecule has 2 aromatic carbocycles. The average Bonchev–Trinajstić information content (AvgIpc) is 2.82. The SMILES string of the molecule is C[C@@H](CCC(=O)N[C@@H](Cc1ccc(OCc2ccccc2)cc1)C(=O)NC(C)(C)CO)C(N)=O. The van der Waals surface area contributed by atoms with E-state index < -0.39 is 29.3 Å². The maximum absolute atomic E-state index is 12.9. The highest BCUT2D eigenvalue weighted by molar-refractivity contribution is 5.88. The predicted octanol–water partition coefficient (Wildman–Crippen LogP) is 2.08. The standard InChI is InChI=1S/C26H35N3O5/c1-18(24(27)32)9-14-23(31)28-22(25(33)29-26(2,3)17-30)15-19-10-12-21(13-11-19)34-16-20-7-5-4-6-8-20/h4-8,10-13,18,22,30H,9,14-17H2,1-3H3,(H2,27,32)(H,28,31)(H,29,33)/t18-,22-/m0/s1. The molecule has 0 bridgehead atoms. The van der Waals surface area contributed by atoms with E-state index in [0.29, 0.717) is 18.8 Å². The third-order valence-corrected chi connectivity index (χ3v) is 5.41. The van der Waals surface area contributed by atoms with Crippen molar-refractivity contribution in [2.75, 3.05) is 6.61 Å². The smallest absolute Gasteiger partial charge is 0.243 e. The van der Waals surface area contributed by atoms with E-state index in [1.165, 1.54) is 0 Å². The Hall–Kier alpha value is -3.39. The minimum absolute atomic E-state index is 0.0730. The van der Waals surface area contributed by atoms with E-state index in [1.807, 2.05) is 54.6 Å². The van der Waals surface area contributed by atoms with Crippen LogP contribution in [0.1, 0.15) is 44.7 Å². The first kappa shape index (κ1) is 26.9. The van der Waals surface area contributed by atoms with Crippen LogP contribution in [0.4, 0.5) is 0 Å². The Bertz CT molecular complexity index is 945. The molecule has 5 N–H and O–H groups in total. The van der Waals surface area contributed by atoms with Crippen LogP contribution >= 0.6 is 0 Å². The number of rotatable bonds is 13. The summed E-state index contributed by atoms with van der Waals surface area (Å²) in [7, 11) is 0. The monoisotopic (exact) mass is 469 g/mol. The van der Waals surface area contributed by atoms with Crippen LogP contribution in [0.2, 0.25) is 0 Å². The molecule has 8 heteroatoms. The number of carbonyl (C=O) groups is 3. The quantitative estimate of drug-likeness (QED) is 0.357. The molecule has 0 spiro atoms. The number of nitrogens with two attached hydrogens (primary N) is 1. The molecule has 0 unspecified atom stereocenters. The molecule has 2 aromatic rings. The predicted molar refractivity (Wildman–Crippen MR) is 130 cm³/mol. The molecule has 8 nitrogen and oxygen atoms in total. The highest BCUT2D eigenvalue weighted by atomic mass is 16.5. The van der Waals surface area contributed by atoms with Gasteiger partial charge in [0, 0.05) is 18.8 Å². The van der Waals surface area contributed by atoms with Crippen LogP contribution in [-0.2, 0) is 27.4 Å². The lowest BCUT2D eigenvalue weighted by Crippen LogP contribution is -2.55. The van der Waals surface area contributed by atoms with Gasteiger partial charge >= 0.3 is 0 Å². The second kappa shape index (κ2) is 12.7. The van der Waals surface area contributed by atoms with Gasteiger partial charge in [0.1, 0.15) is 18.4 Å². The molecule has 0 aromatic heterocycles. The number of aliphatic hydroxyl groups is 1. The van der Waals surface area contributed by atoms with Crippen LogP contribution in [0.3, 0.4) is 0 Å². The van der Waals surface area contributed by atoms with Crippen LogP contribution in [-0.4, -0.2) is 41.0 Å². The molecule has 0 saturated carbocycles. The van der Waals surface area contributed by atoms with Crippen LogP contribution < -0.4 is 21.1 Å². The van der Waals surface area contributed by atoms with E-state index >= 15 is 0 Å². The maximum atomic E-state index is 12.9. The van der Waals surface area contributed by atoms with Gasteiger partial charge in [0.25, 0.3) is 0 Å². The van der Waals surface area contributed by atoms with Gasteiger partial charge in [-0.05, 0) is 43.5 Å². The number of nitrogens with one attached hydrogen (secondary N) is 2. The third-order valence-electron chi connectivity index (χ3n) is 5.41. The Labute approximate surface area is 200 Å². The fraction of sp³-hybridized carbons (Fsp3) is 0.423. The van der Waals surface area contributed by atoms with Crippen molar-refractivity contribution in [1.82, 2.24) is 10.6 Å². The molecule has 0 aliphatic rings. The summed E-state index contributed by atoms with van der Waals surface area (Å²) in [6.07, 6.45) is 0.623. The van der Waals surface area contributed by atoms with Crippen molar-refractivity contribution < 1.29 is 24.2 Å². The molecule has 0 aliphatic heterocycles. The Morgan fingerprint density at radius 3 is 2.26 bits per heavy atom. The zero-order valence-electron chi connectivity index (χ0n) is 20.0. The van der Waals surface area contributed by atoms with Crippen LogP contribution in [0, 0.1) is 5.92 Å². The maximum Gasteiger partial charge on any atom is 0.243 e. The van der Waals surface area contributed by atoms with Gasteiger partial charge < -0.3 is 26.2 Å². The molecular formula is C26H35N3O5. The fourth-order valence-corrected chi connectivity index (χ4v) is 3.12. The Morgan fingerprint density at radius 2 is 1.68 bits per heavy atom. The molecule has 184 valence electrons. The largest absolute Gasteiger partial charge is 0.489 e. The van der Waals surface area contributed by atoms with Crippen molar-refractivity contribution in [2.24, 2.45) is 11.7 Å². The summed E-state index contributed by atoms with van der Waals surface area (Å²) in [6, 6.07) is 16.3. The van der Waals surface area contributed by atoms with Gasteiger partial charge in [0.2, 0.25) is 17.7 Å². The molecule has 34 heavy (non-hydrogen) atoms. The van der Waals surface area contributed by atoms with Crippen molar-refractivity contribution in [3.63, 3.8) is 0 Å². The summed E-state index contributed by atoms with van der Waals surface area (Å²) in [5, 5.41) is 15.0. The number of primary amides is 1. The molecule has 3 amide bonds. The fourth-order valence-electron chi connectivity index (χ4n) is 3.12. The van der Waals surface area contributed by atoms with Crippen molar-refractivity contribution in [3.8, 4) is 5.75 Å². The Kier molecular flexibility index (Phi) is 10.1. The molecule has 0 saturated heterocycles.